The summed E-state index contributed by atoms with van der Waals surface area (Å²) in [7, 11) is 0. The first-order valence-corrected chi connectivity index (χ1v) is 11.4. The minimum atomic E-state index is -0.967. The van der Waals surface area contributed by atoms with E-state index in [-0.39, 0.29) is 17.9 Å². The minimum Gasteiger partial charge on any atom is -0.384 e. The molecule has 1 aliphatic rings. The van der Waals surface area contributed by atoms with E-state index in [1.165, 1.54) is 0 Å². The lowest BCUT2D eigenvalue weighted by atomic mass is 9.92. The molecule has 4 rings (SSSR count). The first-order valence-electron chi connectivity index (χ1n) is 10.6. The lowest BCUT2D eigenvalue weighted by Gasteiger charge is -2.37. The quantitative estimate of drug-likeness (QED) is 0.649. The zero-order valence-electron chi connectivity index (χ0n) is 18.4. The number of rotatable bonds is 4. The van der Waals surface area contributed by atoms with Crippen molar-refractivity contribution >= 4 is 17.2 Å². The van der Waals surface area contributed by atoms with Crippen LogP contribution in [0.2, 0.25) is 0 Å². The van der Waals surface area contributed by atoms with Crippen LogP contribution in [0.5, 0.6) is 0 Å². The minimum absolute atomic E-state index is 0.00348. The predicted molar refractivity (Wildman–Crippen MR) is 122 cm³/mol. The van der Waals surface area contributed by atoms with Gasteiger partial charge >= 0.3 is 0 Å². The topological polar surface area (TPSA) is 79.2 Å². The number of benzene rings is 1. The highest BCUT2D eigenvalue weighted by Gasteiger charge is 2.34. The maximum atomic E-state index is 13.6. The molecule has 31 heavy (non-hydrogen) atoms. The summed E-state index contributed by atoms with van der Waals surface area (Å²) < 4.78 is 0. The lowest BCUT2D eigenvalue weighted by molar-refractivity contribution is 0.0605. The van der Waals surface area contributed by atoms with Crippen molar-refractivity contribution < 1.29 is 9.90 Å². The van der Waals surface area contributed by atoms with Gasteiger partial charge in [-0.3, -0.25) is 4.79 Å². The fourth-order valence-corrected chi connectivity index (χ4v) is 5.41. The Labute approximate surface area is 187 Å². The fraction of sp³-hybridized carbons (Fsp3) is 0.417. The van der Waals surface area contributed by atoms with E-state index in [1.54, 1.807) is 43.6 Å². The standard InChI is InChI=1S/C24H28N4O2S/c1-15-10-11-17(22-27-20(16(2)31-22)24(3,4)30)14-28(15)23(29)19-9-6-5-8-18(19)21-25-12-7-13-26-21/h5-9,12-13,15,17,30H,10-11,14H2,1-4H3. The average Bonchev–Trinajstić information content (AvgIpc) is 3.16. The number of thiazole rings is 1. The van der Waals surface area contributed by atoms with Crippen LogP contribution in [0.25, 0.3) is 11.4 Å². The van der Waals surface area contributed by atoms with E-state index < -0.39 is 5.60 Å². The highest BCUT2D eigenvalue weighted by atomic mass is 32.1. The molecule has 1 aliphatic heterocycles. The monoisotopic (exact) mass is 436 g/mol. The van der Waals surface area contributed by atoms with Gasteiger partial charge in [0.15, 0.2) is 5.82 Å². The van der Waals surface area contributed by atoms with Gasteiger partial charge in [0, 0.05) is 41.3 Å². The third-order valence-electron chi connectivity index (χ3n) is 5.85. The third-order valence-corrected chi connectivity index (χ3v) is 6.98. The van der Waals surface area contributed by atoms with Gasteiger partial charge in [-0.15, -0.1) is 11.3 Å². The number of aromatic nitrogens is 3. The Morgan fingerprint density at radius 3 is 2.55 bits per heavy atom. The molecule has 2 atom stereocenters. The van der Waals surface area contributed by atoms with Crippen LogP contribution in [0.15, 0.2) is 42.7 Å². The molecule has 3 aromatic rings. The van der Waals surface area contributed by atoms with Gasteiger partial charge in [0.1, 0.15) is 5.60 Å². The highest BCUT2D eigenvalue weighted by molar-refractivity contribution is 7.11. The maximum absolute atomic E-state index is 13.6. The normalized spacial score (nSPS) is 19.5. The van der Waals surface area contributed by atoms with Gasteiger partial charge in [-0.2, -0.15) is 0 Å². The number of nitrogens with zero attached hydrogens (tertiary/aromatic N) is 4. The summed E-state index contributed by atoms with van der Waals surface area (Å²) in [5.41, 5.74) is 1.13. The van der Waals surface area contributed by atoms with Crippen molar-refractivity contribution in [1.29, 1.82) is 0 Å². The van der Waals surface area contributed by atoms with E-state index >= 15 is 0 Å². The second kappa shape index (κ2) is 8.48. The van der Waals surface area contributed by atoms with Crippen LogP contribution in [0, 0.1) is 6.92 Å². The number of aryl methyl sites for hydroxylation is 1. The summed E-state index contributed by atoms with van der Waals surface area (Å²) in [6, 6.07) is 9.44. The largest absolute Gasteiger partial charge is 0.384 e. The zero-order valence-corrected chi connectivity index (χ0v) is 19.2. The van der Waals surface area contributed by atoms with Crippen molar-refractivity contribution in [3.05, 3.63) is 63.9 Å². The molecule has 1 fully saturated rings. The molecule has 0 spiro atoms. The molecule has 1 saturated heterocycles. The Bertz CT molecular complexity index is 1070. The van der Waals surface area contributed by atoms with Crippen molar-refractivity contribution in [2.75, 3.05) is 6.54 Å². The third kappa shape index (κ3) is 4.38. The SMILES string of the molecule is Cc1sc(C2CCC(C)N(C(=O)c3ccccc3-c3ncccn3)C2)nc1C(C)(C)O. The van der Waals surface area contributed by atoms with Crippen molar-refractivity contribution in [3.63, 3.8) is 0 Å². The first kappa shape index (κ1) is 21.6. The number of hydrogen-bond donors (Lipinski definition) is 1. The molecule has 0 aliphatic carbocycles. The number of aliphatic hydroxyl groups is 1. The molecule has 1 aromatic carbocycles. The van der Waals surface area contributed by atoms with E-state index in [4.69, 9.17) is 4.98 Å². The smallest absolute Gasteiger partial charge is 0.254 e. The first-order chi connectivity index (χ1) is 14.8. The van der Waals surface area contributed by atoms with E-state index in [9.17, 15) is 9.90 Å². The van der Waals surface area contributed by atoms with Crippen LogP contribution < -0.4 is 0 Å². The lowest BCUT2D eigenvalue weighted by Crippen LogP contribution is -2.45. The Balaban J connectivity index is 1.63. The molecular formula is C24H28N4O2S. The number of likely N-dealkylation sites (tertiary alicyclic amines) is 1. The number of carbonyl (C=O) groups is 1. The summed E-state index contributed by atoms with van der Waals surface area (Å²) in [6.07, 6.45) is 5.27. The van der Waals surface area contributed by atoms with Crippen molar-refractivity contribution in [2.45, 2.75) is 58.1 Å². The summed E-state index contributed by atoms with van der Waals surface area (Å²) in [5.74, 6) is 0.717. The Morgan fingerprint density at radius 2 is 1.87 bits per heavy atom. The zero-order chi connectivity index (χ0) is 22.2. The summed E-state index contributed by atoms with van der Waals surface area (Å²) in [5, 5.41) is 11.4. The van der Waals surface area contributed by atoms with Crippen molar-refractivity contribution in [1.82, 2.24) is 19.9 Å². The molecule has 0 bridgehead atoms. The fourth-order valence-electron chi connectivity index (χ4n) is 4.21. The molecule has 7 heteroatoms. The van der Waals surface area contributed by atoms with Crippen molar-refractivity contribution in [3.8, 4) is 11.4 Å². The molecule has 2 aromatic heterocycles. The average molecular weight is 437 g/mol. The summed E-state index contributed by atoms with van der Waals surface area (Å²) in [4.78, 5) is 30.1. The molecular weight excluding hydrogens is 408 g/mol. The second-order valence-electron chi connectivity index (χ2n) is 8.71. The van der Waals surface area contributed by atoms with Gasteiger partial charge in [0.05, 0.1) is 16.3 Å². The predicted octanol–water partition coefficient (Wildman–Crippen LogP) is 4.54. The number of piperidine rings is 1. The number of carbonyl (C=O) groups excluding carboxylic acids is 1. The van der Waals surface area contributed by atoms with Crippen LogP contribution in [0.3, 0.4) is 0 Å². The van der Waals surface area contributed by atoms with Crippen LogP contribution in [0.1, 0.15) is 65.5 Å². The van der Waals surface area contributed by atoms with Crippen LogP contribution in [-0.2, 0) is 5.60 Å². The molecule has 6 nitrogen and oxygen atoms in total. The van der Waals surface area contributed by atoms with E-state index in [2.05, 4.69) is 16.9 Å². The van der Waals surface area contributed by atoms with E-state index in [0.717, 1.165) is 34.0 Å². The van der Waals surface area contributed by atoms with Gasteiger partial charge < -0.3 is 10.0 Å². The Kier molecular flexibility index (Phi) is 5.90. The second-order valence-corrected chi connectivity index (χ2v) is 9.95. The number of amides is 1. The van der Waals surface area contributed by atoms with Gasteiger partial charge in [-0.25, -0.2) is 15.0 Å². The van der Waals surface area contributed by atoms with Gasteiger partial charge in [-0.05, 0) is 52.7 Å². The molecule has 1 N–H and O–H groups in total. The Morgan fingerprint density at radius 1 is 1.16 bits per heavy atom. The number of hydrogen-bond acceptors (Lipinski definition) is 6. The Hall–Kier alpha value is -2.64. The molecule has 0 saturated carbocycles. The van der Waals surface area contributed by atoms with Crippen molar-refractivity contribution in [2.24, 2.45) is 0 Å². The van der Waals surface area contributed by atoms with Crippen LogP contribution >= 0.6 is 11.3 Å². The molecule has 2 unspecified atom stereocenters. The van der Waals surface area contributed by atoms with Gasteiger partial charge in [0.25, 0.3) is 5.91 Å². The van der Waals surface area contributed by atoms with Gasteiger partial charge in [-0.1, -0.05) is 18.2 Å². The molecule has 0 radical (unpaired) electrons. The summed E-state index contributed by atoms with van der Waals surface area (Å²) in [6.45, 7) is 8.24. The summed E-state index contributed by atoms with van der Waals surface area (Å²) >= 11 is 1.63. The molecule has 162 valence electrons. The maximum Gasteiger partial charge on any atom is 0.254 e. The van der Waals surface area contributed by atoms with Crippen LogP contribution in [0.4, 0.5) is 0 Å². The van der Waals surface area contributed by atoms with E-state index in [1.807, 2.05) is 36.1 Å². The molecule has 3 heterocycles. The highest BCUT2D eigenvalue weighted by Crippen LogP contribution is 2.37. The van der Waals surface area contributed by atoms with E-state index in [0.29, 0.717) is 17.9 Å². The molecule has 1 amide bonds. The van der Waals surface area contributed by atoms with Crippen LogP contribution in [-0.4, -0.2) is 43.5 Å². The van der Waals surface area contributed by atoms with Gasteiger partial charge in [0.2, 0.25) is 0 Å².